The third-order valence-electron chi connectivity index (χ3n) is 1.77. The first-order valence-electron chi connectivity index (χ1n) is 4.10. The molecule has 0 aromatic carbocycles. The molecule has 0 bridgehead atoms. The maximum Gasteiger partial charge on any atom is 0.203 e. The van der Waals surface area contributed by atoms with Gasteiger partial charge in [0, 0.05) is 6.54 Å². The van der Waals surface area contributed by atoms with Crippen LogP contribution in [0.5, 0.6) is 0 Å². The number of nitrogens with zero attached hydrogens (tertiary/aromatic N) is 2. The summed E-state index contributed by atoms with van der Waals surface area (Å²) in [4.78, 5) is 14.4. The van der Waals surface area contributed by atoms with Crippen LogP contribution in [0, 0.1) is 0 Å². The fourth-order valence-electron chi connectivity index (χ4n) is 1.09. The molecular formula is C8H12ClN3O. The van der Waals surface area contributed by atoms with Gasteiger partial charge in [-0.3, -0.25) is 4.79 Å². The van der Waals surface area contributed by atoms with E-state index in [2.05, 4.69) is 10.3 Å². The van der Waals surface area contributed by atoms with Gasteiger partial charge in [-0.05, 0) is 31.6 Å². The summed E-state index contributed by atoms with van der Waals surface area (Å²) in [5.41, 5.74) is 0.529. The fraction of sp³-hybridized carbons (Fsp3) is 0.500. The predicted molar refractivity (Wildman–Crippen MR) is 51.2 cm³/mol. The number of hydrogen-bond donors (Lipinski definition) is 1. The van der Waals surface area contributed by atoms with Crippen LogP contribution in [0.1, 0.15) is 16.9 Å². The largest absolute Gasteiger partial charge is 0.320 e. The summed E-state index contributed by atoms with van der Waals surface area (Å²) >= 11 is 5.78. The summed E-state index contributed by atoms with van der Waals surface area (Å²) < 4.78 is 1.70. The van der Waals surface area contributed by atoms with Crippen molar-refractivity contribution in [3.8, 4) is 0 Å². The van der Waals surface area contributed by atoms with Gasteiger partial charge in [0.05, 0.1) is 6.20 Å². The van der Waals surface area contributed by atoms with Gasteiger partial charge in [-0.15, -0.1) is 0 Å². The van der Waals surface area contributed by atoms with Gasteiger partial charge in [-0.25, -0.2) is 4.98 Å². The lowest BCUT2D eigenvalue weighted by Gasteiger charge is -2.04. The quantitative estimate of drug-likeness (QED) is 0.570. The summed E-state index contributed by atoms with van der Waals surface area (Å²) in [6, 6.07) is 0. The van der Waals surface area contributed by atoms with Crippen molar-refractivity contribution in [3.05, 3.63) is 17.2 Å². The average Bonchev–Trinajstić information content (AvgIpc) is 2.48. The molecule has 1 aromatic heterocycles. The molecule has 0 saturated heterocycles. The number of hydrogen-bond acceptors (Lipinski definition) is 3. The first-order valence-corrected chi connectivity index (χ1v) is 4.48. The molecule has 0 aliphatic heterocycles. The molecule has 0 aliphatic rings. The van der Waals surface area contributed by atoms with E-state index in [1.807, 2.05) is 7.05 Å². The minimum Gasteiger partial charge on any atom is -0.320 e. The van der Waals surface area contributed by atoms with Crippen LogP contribution >= 0.6 is 11.6 Å². The highest BCUT2D eigenvalue weighted by molar-refractivity contribution is 6.28. The molecular weight excluding hydrogens is 190 g/mol. The number of aldehydes is 1. The molecule has 0 spiro atoms. The molecule has 0 radical (unpaired) electrons. The minimum atomic E-state index is 0.373. The smallest absolute Gasteiger partial charge is 0.203 e. The molecule has 1 N–H and O–H groups in total. The molecule has 1 heterocycles. The second-order valence-corrected chi connectivity index (χ2v) is 3.02. The highest BCUT2D eigenvalue weighted by atomic mass is 35.5. The maximum atomic E-state index is 10.5. The van der Waals surface area contributed by atoms with E-state index in [4.69, 9.17) is 11.6 Å². The van der Waals surface area contributed by atoms with Crippen LogP contribution in [0.3, 0.4) is 0 Å². The highest BCUT2D eigenvalue weighted by Crippen LogP contribution is 2.09. The third-order valence-corrected chi connectivity index (χ3v) is 2.07. The Morgan fingerprint density at radius 2 is 2.54 bits per heavy atom. The summed E-state index contributed by atoms with van der Waals surface area (Å²) in [7, 11) is 1.89. The molecule has 0 amide bonds. The van der Waals surface area contributed by atoms with E-state index >= 15 is 0 Å². The number of halogens is 1. The van der Waals surface area contributed by atoms with Crippen LogP contribution in [-0.4, -0.2) is 29.4 Å². The Balaban J connectivity index is 2.62. The van der Waals surface area contributed by atoms with Crippen molar-refractivity contribution in [2.45, 2.75) is 13.0 Å². The first kappa shape index (κ1) is 10.2. The van der Waals surface area contributed by atoms with Crippen LogP contribution in [-0.2, 0) is 6.54 Å². The summed E-state index contributed by atoms with van der Waals surface area (Å²) in [5.74, 6) is 0. The average molecular weight is 202 g/mol. The molecule has 0 aliphatic carbocycles. The van der Waals surface area contributed by atoms with Gasteiger partial charge in [-0.1, -0.05) is 0 Å². The second kappa shape index (κ2) is 4.99. The van der Waals surface area contributed by atoms with E-state index in [-0.39, 0.29) is 0 Å². The number of carbonyl (C=O) groups is 1. The van der Waals surface area contributed by atoms with Crippen LogP contribution in [0.4, 0.5) is 0 Å². The minimum absolute atomic E-state index is 0.373. The van der Waals surface area contributed by atoms with E-state index < -0.39 is 0 Å². The lowest BCUT2D eigenvalue weighted by atomic mass is 10.4. The lowest BCUT2D eigenvalue weighted by Crippen LogP contribution is -2.12. The molecule has 1 rings (SSSR count). The number of imidazole rings is 1. The molecule has 0 atom stereocenters. The summed E-state index contributed by atoms with van der Waals surface area (Å²) in [5, 5.41) is 3.40. The Hall–Kier alpha value is -0.870. The van der Waals surface area contributed by atoms with Crippen molar-refractivity contribution in [2.24, 2.45) is 0 Å². The number of carbonyl (C=O) groups excluding carboxylic acids is 1. The molecule has 72 valence electrons. The molecule has 4 nitrogen and oxygen atoms in total. The van der Waals surface area contributed by atoms with E-state index in [1.54, 1.807) is 4.57 Å². The second-order valence-electron chi connectivity index (χ2n) is 2.68. The number of aromatic nitrogens is 2. The monoisotopic (exact) mass is 201 g/mol. The molecule has 0 fully saturated rings. The number of rotatable bonds is 5. The predicted octanol–water partition coefficient (Wildman–Crippen LogP) is 0.958. The number of nitrogens with one attached hydrogen (secondary N) is 1. The first-order chi connectivity index (χ1) is 6.29. The van der Waals surface area contributed by atoms with Crippen LogP contribution < -0.4 is 5.32 Å². The highest BCUT2D eigenvalue weighted by Gasteiger charge is 2.05. The molecule has 13 heavy (non-hydrogen) atoms. The topological polar surface area (TPSA) is 46.9 Å². The fourth-order valence-corrected chi connectivity index (χ4v) is 1.33. The van der Waals surface area contributed by atoms with Gasteiger partial charge in [0.1, 0.15) is 5.69 Å². The lowest BCUT2D eigenvalue weighted by molar-refractivity contribution is 0.111. The Morgan fingerprint density at radius 1 is 1.77 bits per heavy atom. The Morgan fingerprint density at radius 3 is 3.15 bits per heavy atom. The van der Waals surface area contributed by atoms with Gasteiger partial charge in [-0.2, -0.15) is 0 Å². The Bertz CT molecular complexity index is 285. The normalized spacial score (nSPS) is 10.3. The Labute approximate surface area is 81.9 Å². The van der Waals surface area contributed by atoms with Crippen LogP contribution in [0.2, 0.25) is 5.28 Å². The maximum absolute atomic E-state index is 10.5. The zero-order valence-corrected chi connectivity index (χ0v) is 8.21. The summed E-state index contributed by atoms with van der Waals surface area (Å²) in [6.07, 6.45) is 3.17. The van der Waals surface area contributed by atoms with Gasteiger partial charge < -0.3 is 9.88 Å². The standard InChI is InChI=1S/C8H12ClN3O/c1-10-3-2-4-12-7(6-13)5-11-8(12)9/h5-6,10H,2-4H2,1H3. The van der Waals surface area contributed by atoms with E-state index in [1.165, 1.54) is 6.20 Å². The third kappa shape index (κ3) is 2.54. The Kier molecular flexibility index (Phi) is 3.92. The van der Waals surface area contributed by atoms with Crippen molar-refractivity contribution in [2.75, 3.05) is 13.6 Å². The molecule has 0 saturated carbocycles. The van der Waals surface area contributed by atoms with Crippen LogP contribution in [0.25, 0.3) is 0 Å². The molecule has 0 unspecified atom stereocenters. The summed E-state index contributed by atoms with van der Waals surface area (Å²) in [6.45, 7) is 1.61. The molecule has 5 heteroatoms. The van der Waals surface area contributed by atoms with Crippen molar-refractivity contribution >= 4 is 17.9 Å². The van der Waals surface area contributed by atoms with Gasteiger partial charge in [0.2, 0.25) is 5.28 Å². The van der Waals surface area contributed by atoms with Gasteiger partial charge in [0.25, 0.3) is 0 Å². The van der Waals surface area contributed by atoms with Crippen molar-refractivity contribution < 1.29 is 4.79 Å². The van der Waals surface area contributed by atoms with E-state index in [0.29, 0.717) is 17.5 Å². The van der Waals surface area contributed by atoms with E-state index in [9.17, 15) is 4.79 Å². The van der Waals surface area contributed by atoms with Crippen molar-refractivity contribution in [3.63, 3.8) is 0 Å². The van der Waals surface area contributed by atoms with Crippen molar-refractivity contribution in [1.29, 1.82) is 0 Å². The van der Waals surface area contributed by atoms with Crippen molar-refractivity contribution in [1.82, 2.24) is 14.9 Å². The van der Waals surface area contributed by atoms with E-state index in [0.717, 1.165) is 19.3 Å². The SMILES string of the molecule is CNCCCn1c(C=O)cnc1Cl. The zero-order chi connectivity index (χ0) is 9.68. The van der Waals surface area contributed by atoms with Gasteiger partial charge in [0.15, 0.2) is 6.29 Å². The molecule has 1 aromatic rings. The van der Waals surface area contributed by atoms with Crippen LogP contribution in [0.15, 0.2) is 6.20 Å². The zero-order valence-electron chi connectivity index (χ0n) is 7.46. The van der Waals surface area contributed by atoms with Gasteiger partial charge >= 0.3 is 0 Å².